The van der Waals surface area contributed by atoms with Gasteiger partial charge in [0.15, 0.2) is 0 Å². The molecular weight excluding hydrogens is 400 g/mol. The second-order valence-corrected chi connectivity index (χ2v) is 7.41. The van der Waals surface area contributed by atoms with E-state index in [2.05, 4.69) is 42.5 Å². The number of hydrogen-bond donors (Lipinski definition) is 2. The van der Waals surface area contributed by atoms with Crippen molar-refractivity contribution in [2.75, 3.05) is 19.0 Å². The molecule has 1 amide bonds. The minimum Gasteiger partial charge on any atom is -0.495 e. The van der Waals surface area contributed by atoms with Gasteiger partial charge in [0.2, 0.25) is 5.91 Å². The van der Waals surface area contributed by atoms with Crippen LogP contribution in [0.25, 0.3) is 0 Å². The van der Waals surface area contributed by atoms with Crippen molar-refractivity contribution < 1.29 is 9.53 Å². The maximum atomic E-state index is 12.5. The van der Waals surface area contributed by atoms with Gasteiger partial charge in [-0.1, -0.05) is 6.42 Å². The van der Waals surface area contributed by atoms with Gasteiger partial charge in [-0.3, -0.25) is 4.79 Å². The van der Waals surface area contributed by atoms with E-state index < -0.39 is 0 Å². The Hall–Kier alpha value is -0.590. The summed E-state index contributed by atoms with van der Waals surface area (Å²) in [7, 11) is 1.61. The third-order valence-corrected chi connectivity index (χ3v) is 5.80. The molecule has 1 heterocycles. The van der Waals surface area contributed by atoms with Crippen LogP contribution in [0.5, 0.6) is 5.75 Å². The van der Waals surface area contributed by atoms with Crippen molar-refractivity contribution in [1.82, 2.24) is 5.32 Å². The van der Waals surface area contributed by atoms with Crippen LogP contribution in [0.3, 0.4) is 0 Å². The standard InChI is InChI=1S/C15H18Br2N2O2/c1-21-13-6-12(10(16)5-11(13)17)19-15(20)14-9-4-2-3-8(9)7-18-14/h5-6,8-9,14,18H,2-4,7H2,1H3,(H,19,20). The zero-order chi connectivity index (χ0) is 15.0. The molecule has 1 aliphatic heterocycles. The first-order valence-electron chi connectivity index (χ1n) is 7.17. The summed E-state index contributed by atoms with van der Waals surface area (Å²) in [5, 5.41) is 6.39. The lowest BCUT2D eigenvalue weighted by molar-refractivity contribution is -0.118. The number of nitrogens with one attached hydrogen (secondary N) is 2. The molecule has 1 aromatic carbocycles. The fraction of sp³-hybridized carbons (Fsp3) is 0.533. The molecule has 0 spiro atoms. The van der Waals surface area contributed by atoms with Gasteiger partial charge >= 0.3 is 0 Å². The van der Waals surface area contributed by atoms with Crippen LogP contribution < -0.4 is 15.4 Å². The van der Waals surface area contributed by atoms with E-state index in [-0.39, 0.29) is 11.9 Å². The van der Waals surface area contributed by atoms with E-state index in [4.69, 9.17) is 4.74 Å². The number of amides is 1. The fourth-order valence-electron chi connectivity index (χ4n) is 3.47. The first-order valence-corrected chi connectivity index (χ1v) is 8.76. The minimum atomic E-state index is -0.0703. The van der Waals surface area contributed by atoms with Crippen LogP contribution in [0.1, 0.15) is 19.3 Å². The minimum absolute atomic E-state index is 0.0504. The number of ether oxygens (including phenoxy) is 1. The van der Waals surface area contributed by atoms with Gasteiger partial charge in [0, 0.05) is 10.5 Å². The summed E-state index contributed by atoms with van der Waals surface area (Å²) in [6, 6.07) is 3.64. The van der Waals surface area contributed by atoms with Crippen molar-refractivity contribution in [2.24, 2.45) is 11.8 Å². The molecule has 0 bridgehead atoms. The highest BCUT2D eigenvalue weighted by molar-refractivity contribution is 9.11. The lowest BCUT2D eigenvalue weighted by atomic mass is 9.93. The van der Waals surface area contributed by atoms with Gasteiger partial charge in [-0.25, -0.2) is 0 Å². The number of hydrogen-bond acceptors (Lipinski definition) is 3. The maximum Gasteiger partial charge on any atom is 0.241 e. The molecule has 0 aromatic heterocycles. The molecule has 6 heteroatoms. The Kier molecular flexibility index (Phi) is 4.57. The van der Waals surface area contributed by atoms with Crippen molar-refractivity contribution in [3.05, 3.63) is 21.1 Å². The molecule has 0 radical (unpaired) electrons. The highest BCUT2D eigenvalue weighted by atomic mass is 79.9. The van der Waals surface area contributed by atoms with Crippen LogP contribution in [0, 0.1) is 11.8 Å². The molecule has 3 unspecified atom stereocenters. The molecule has 114 valence electrons. The molecule has 1 saturated carbocycles. The quantitative estimate of drug-likeness (QED) is 0.790. The third kappa shape index (κ3) is 2.98. The lowest BCUT2D eigenvalue weighted by Gasteiger charge is -2.19. The smallest absolute Gasteiger partial charge is 0.241 e. The average molecular weight is 418 g/mol. The summed E-state index contributed by atoms with van der Waals surface area (Å²) in [6.07, 6.45) is 3.65. The van der Waals surface area contributed by atoms with Crippen LogP contribution >= 0.6 is 31.9 Å². The largest absolute Gasteiger partial charge is 0.495 e. The molecule has 4 nitrogen and oxygen atoms in total. The predicted molar refractivity (Wildman–Crippen MR) is 89.6 cm³/mol. The van der Waals surface area contributed by atoms with Gasteiger partial charge in [0.1, 0.15) is 5.75 Å². The number of halogens is 2. The van der Waals surface area contributed by atoms with Gasteiger partial charge in [0.05, 0.1) is 23.3 Å². The highest BCUT2D eigenvalue weighted by Gasteiger charge is 2.42. The maximum absolute atomic E-state index is 12.5. The number of benzene rings is 1. The Bertz CT molecular complexity index is 565. The van der Waals surface area contributed by atoms with Crippen molar-refractivity contribution in [3.63, 3.8) is 0 Å². The molecule has 1 aliphatic carbocycles. The monoisotopic (exact) mass is 416 g/mol. The summed E-state index contributed by atoms with van der Waals surface area (Å²) in [4.78, 5) is 12.5. The third-order valence-electron chi connectivity index (χ3n) is 4.53. The number of carbonyl (C=O) groups excluding carboxylic acids is 1. The topological polar surface area (TPSA) is 50.4 Å². The zero-order valence-corrected chi connectivity index (χ0v) is 15.0. The summed E-state index contributed by atoms with van der Waals surface area (Å²) >= 11 is 6.91. The van der Waals surface area contributed by atoms with Crippen molar-refractivity contribution >= 4 is 43.5 Å². The number of rotatable bonds is 3. The average Bonchev–Trinajstić information content (AvgIpc) is 3.04. The van der Waals surface area contributed by atoms with Crippen LogP contribution in [0.15, 0.2) is 21.1 Å². The predicted octanol–water partition coefficient (Wildman–Crippen LogP) is 3.55. The van der Waals surface area contributed by atoms with E-state index in [1.165, 1.54) is 12.8 Å². The van der Waals surface area contributed by atoms with Crippen molar-refractivity contribution in [3.8, 4) is 5.75 Å². The van der Waals surface area contributed by atoms with Gasteiger partial charge in [-0.15, -0.1) is 0 Å². The molecule has 1 aromatic rings. The molecule has 2 fully saturated rings. The van der Waals surface area contributed by atoms with Gasteiger partial charge < -0.3 is 15.4 Å². The lowest BCUT2D eigenvalue weighted by Crippen LogP contribution is -2.39. The van der Waals surface area contributed by atoms with E-state index in [0.29, 0.717) is 17.6 Å². The number of anilines is 1. The molecular formula is C15H18Br2N2O2. The van der Waals surface area contributed by atoms with Crippen LogP contribution in [-0.2, 0) is 4.79 Å². The Balaban J connectivity index is 1.76. The Morgan fingerprint density at radius 1 is 1.33 bits per heavy atom. The molecule has 2 aliphatic rings. The van der Waals surface area contributed by atoms with E-state index >= 15 is 0 Å². The Morgan fingerprint density at radius 2 is 2.14 bits per heavy atom. The van der Waals surface area contributed by atoms with E-state index in [1.54, 1.807) is 7.11 Å². The SMILES string of the molecule is COc1cc(NC(=O)C2NCC3CCCC32)c(Br)cc1Br. The highest BCUT2D eigenvalue weighted by Crippen LogP contribution is 2.39. The Labute approximate surface area is 141 Å². The molecule has 1 saturated heterocycles. The normalized spacial score (nSPS) is 27.5. The van der Waals surface area contributed by atoms with E-state index in [0.717, 1.165) is 27.6 Å². The number of methoxy groups -OCH3 is 1. The molecule has 3 atom stereocenters. The number of carbonyl (C=O) groups is 1. The van der Waals surface area contributed by atoms with Gasteiger partial charge in [-0.05, 0) is 69.1 Å². The van der Waals surface area contributed by atoms with Crippen LogP contribution in [-0.4, -0.2) is 25.6 Å². The van der Waals surface area contributed by atoms with Crippen molar-refractivity contribution in [1.29, 1.82) is 0 Å². The molecule has 2 N–H and O–H groups in total. The molecule has 3 rings (SSSR count). The van der Waals surface area contributed by atoms with E-state index in [9.17, 15) is 4.79 Å². The Morgan fingerprint density at radius 3 is 2.90 bits per heavy atom. The first kappa shape index (κ1) is 15.3. The second-order valence-electron chi connectivity index (χ2n) is 5.70. The van der Waals surface area contributed by atoms with Crippen LogP contribution in [0.4, 0.5) is 5.69 Å². The number of fused-ring (bicyclic) bond motifs is 1. The van der Waals surface area contributed by atoms with Crippen molar-refractivity contribution in [2.45, 2.75) is 25.3 Å². The zero-order valence-electron chi connectivity index (χ0n) is 11.8. The summed E-state index contributed by atoms with van der Waals surface area (Å²) < 4.78 is 6.97. The second kappa shape index (κ2) is 6.26. The fourth-order valence-corrected chi connectivity index (χ4v) is 4.72. The summed E-state index contributed by atoms with van der Waals surface area (Å²) in [5.74, 6) is 1.91. The molecule has 21 heavy (non-hydrogen) atoms. The first-order chi connectivity index (χ1) is 10.1. The van der Waals surface area contributed by atoms with E-state index in [1.807, 2.05) is 12.1 Å². The van der Waals surface area contributed by atoms with Crippen LogP contribution in [0.2, 0.25) is 0 Å². The summed E-state index contributed by atoms with van der Waals surface area (Å²) in [6.45, 7) is 0.966. The summed E-state index contributed by atoms with van der Waals surface area (Å²) in [5.41, 5.74) is 0.739. The van der Waals surface area contributed by atoms with Gasteiger partial charge in [-0.2, -0.15) is 0 Å². The van der Waals surface area contributed by atoms with Gasteiger partial charge in [0.25, 0.3) is 0 Å².